The number of ether oxygens (including phenoxy) is 2. The SMILES string of the molecule is C=COCCOCC(=O)c1cc2ocnc2c(F)c1Cc1ccc(I)cc1F.O=C(O)c1cc2ocnc2c(F)c1Cc1ccc(I)cc1F. The number of fused-ring (bicyclic) bond motifs is 2. The number of carboxylic acid groups (broad SMARTS) is 1. The van der Waals surface area contributed by atoms with Gasteiger partial charge in [0.25, 0.3) is 0 Å². The zero-order valence-electron chi connectivity index (χ0n) is 25.7. The highest BCUT2D eigenvalue weighted by Crippen LogP contribution is 2.29. The molecule has 1 N–H and O–H groups in total. The molecule has 15 heteroatoms. The van der Waals surface area contributed by atoms with Crippen molar-refractivity contribution in [3.05, 3.63) is 138 Å². The standard InChI is InChI=1S/C20H16F2INO4.C15H8F2INO3/c1-2-26-5-6-27-10-17(25)14-9-18-20(24-11-28-18)19(22)15(14)7-12-3-4-13(23)8-16(12)21;16-11-4-8(18)2-1-7(11)3-9-10(15(20)21)5-12-14(13(9)17)19-6-22-12/h2-4,8-9,11H,1,5-7,10H2;1-2,4-6H,3H2,(H,20,21). The Hall–Kier alpha value is -4.36. The number of oxazole rings is 2. The van der Waals surface area contributed by atoms with E-state index in [1.54, 1.807) is 18.2 Å². The Balaban J connectivity index is 0.000000200. The summed E-state index contributed by atoms with van der Waals surface area (Å²) in [6.07, 6.45) is 3.12. The molecule has 6 rings (SSSR count). The lowest BCUT2D eigenvalue weighted by molar-refractivity contribution is 0.0637. The number of aromatic nitrogens is 2. The van der Waals surface area contributed by atoms with Crippen molar-refractivity contribution < 1.29 is 50.6 Å². The molecule has 2 aromatic heterocycles. The number of carboxylic acids is 1. The van der Waals surface area contributed by atoms with Crippen LogP contribution in [0.25, 0.3) is 22.2 Å². The molecule has 0 spiro atoms. The van der Waals surface area contributed by atoms with E-state index in [-0.39, 0.29) is 88.2 Å². The van der Waals surface area contributed by atoms with Crippen LogP contribution < -0.4 is 0 Å². The number of benzene rings is 4. The third kappa shape index (κ3) is 8.50. The molecule has 0 unspecified atom stereocenters. The van der Waals surface area contributed by atoms with Crippen LogP contribution in [0.15, 0.2) is 83.0 Å². The summed E-state index contributed by atoms with van der Waals surface area (Å²) in [5, 5.41) is 9.25. The molecule has 0 atom stereocenters. The summed E-state index contributed by atoms with van der Waals surface area (Å²) >= 11 is 3.95. The Morgan fingerprint density at radius 2 is 1.28 bits per heavy atom. The van der Waals surface area contributed by atoms with Gasteiger partial charge >= 0.3 is 5.97 Å². The number of rotatable bonds is 12. The van der Waals surface area contributed by atoms with E-state index >= 15 is 4.39 Å². The quantitative estimate of drug-likeness (QED) is 0.0423. The molecule has 0 bridgehead atoms. The van der Waals surface area contributed by atoms with Crippen molar-refractivity contribution in [2.45, 2.75) is 12.8 Å². The Morgan fingerprint density at radius 3 is 1.76 bits per heavy atom. The molecule has 4 aromatic carbocycles. The van der Waals surface area contributed by atoms with Gasteiger partial charge in [0.2, 0.25) is 0 Å². The van der Waals surface area contributed by atoms with Crippen LogP contribution >= 0.6 is 45.2 Å². The Morgan fingerprint density at radius 1 is 0.780 bits per heavy atom. The fourth-order valence-corrected chi connectivity index (χ4v) is 5.84. The number of ketones is 1. The number of carbonyl (C=O) groups excluding carboxylic acids is 1. The summed E-state index contributed by atoms with van der Waals surface area (Å²) in [4.78, 5) is 31.6. The third-order valence-electron chi connectivity index (χ3n) is 7.33. The molecular weight excluding hydrogens is 890 g/mol. The minimum atomic E-state index is -1.31. The molecule has 0 radical (unpaired) electrons. The van der Waals surface area contributed by atoms with Crippen molar-refractivity contribution >= 4 is 79.1 Å². The molecule has 258 valence electrons. The normalized spacial score (nSPS) is 11.0. The fourth-order valence-electron chi connectivity index (χ4n) is 4.93. The highest BCUT2D eigenvalue weighted by Gasteiger charge is 2.23. The first-order valence-corrected chi connectivity index (χ1v) is 16.7. The predicted molar refractivity (Wildman–Crippen MR) is 190 cm³/mol. The van der Waals surface area contributed by atoms with Crippen molar-refractivity contribution in [1.29, 1.82) is 0 Å². The van der Waals surface area contributed by atoms with Gasteiger partial charge in [-0.2, -0.15) is 0 Å². The maximum atomic E-state index is 15.0. The fraction of sp³-hybridized carbons (Fsp3) is 0.143. The van der Waals surface area contributed by atoms with Gasteiger partial charge in [-0.3, -0.25) is 4.79 Å². The molecule has 50 heavy (non-hydrogen) atoms. The number of nitrogens with zero attached hydrogens (tertiary/aromatic N) is 2. The third-order valence-corrected chi connectivity index (χ3v) is 8.67. The molecule has 0 fully saturated rings. The van der Waals surface area contributed by atoms with Gasteiger partial charge in [0.15, 0.2) is 41.4 Å². The van der Waals surface area contributed by atoms with Crippen molar-refractivity contribution in [2.24, 2.45) is 0 Å². The lowest BCUT2D eigenvalue weighted by Gasteiger charge is -2.12. The highest BCUT2D eigenvalue weighted by atomic mass is 127. The van der Waals surface area contributed by atoms with E-state index in [1.165, 1.54) is 36.6 Å². The highest BCUT2D eigenvalue weighted by molar-refractivity contribution is 14.1. The number of hydrogen-bond acceptors (Lipinski definition) is 8. The maximum Gasteiger partial charge on any atom is 0.336 e. The summed E-state index contributed by atoms with van der Waals surface area (Å²) < 4.78 is 79.5. The van der Waals surface area contributed by atoms with E-state index in [4.69, 9.17) is 18.3 Å². The van der Waals surface area contributed by atoms with Crippen molar-refractivity contribution in [3.8, 4) is 0 Å². The van der Waals surface area contributed by atoms with E-state index in [9.17, 15) is 27.9 Å². The Labute approximate surface area is 308 Å². The van der Waals surface area contributed by atoms with Gasteiger partial charge in [-0.05, 0) is 92.7 Å². The summed E-state index contributed by atoms with van der Waals surface area (Å²) in [5.41, 5.74) is 0.352. The van der Waals surface area contributed by atoms with Gasteiger partial charge in [0.05, 0.1) is 18.4 Å². The predicted octanol–water partition coefficient (Wildman–Crippen LogP) is 8.66. The van der Waals surface area contributed by atoms with Crippen LogP contribution in [0.5, 0.6) is 0 Å². The van der Waals surface area contributed by atoms with Crippen LogP contribution in [-0.2, 0) is 22.3 Å². The van der Waals surface area contributed by atoms with Gasteiger partial charge in [0.1, 0.15) is 35.9 Å². The Kier molecular flexibility index (Phi) is 12.2. The van der Waals surface area contributed by atoms with Gasteiger partial charge < -0.3 is 23.4 Å². The first-order chi connectivity index (χ1) is 24.0. The first-order valence-electron chi connectivity index (χ1n) is 14.5. The summed E-state index contributed by atoms with van der Waals surface area (Å²) in [6, 6.07) is 11.7. The summed E-state index contributed by atoms with van der Waals surface area (Å²) in [5.74, 6) is -4.25. The first kappa shape index (κ1) is 36.9. The number of carbonyl (C=O) groups is 2. The molecule has 0 aliphatic heterocycles. The molecule has 0 aliphatic rings. The van der Waals surface area contributed by atoms with Gasteiger partial charge in [-0.15, -0.1) is 0 Å². The van der Waals surface area contributed by atoms with Gasteiger partial charge in [-0.25, -0.2) is 32.3 Å². The van der Waals surface area contributed by atoms with E-state index in [1.807, 2.05) is 45.2 Å². The smallest absolute Gasteiger partial charge is 0.336 e. The second-order valence-corrected chi connectivity index (χ2v) is 13.0. The van der Waals surface area contributed by atoms with Crippen LogP contribution in [0, 0.1) is 30.4 Å². The monoisotopic (exact) mass is 914 g/mol. The van der Waals surface area contributed by atoms with E-state index < -0.39 is 35.0 Å². The number of aromatic carboxylic acids is 1. The Bertz CT molecular complexity index is 2220. The summed E-state index contributed by atoms with van der Waals surface area (Å²) in [7, 11) is 0. The van der Waals surface area contributed by atoms with Crippen molar-refractivity contribution in [3.63, 3.8) is 0 Å². The molecule has 0 amide bonds. The molecule has 0 saturated carbocycles. The van der Waals surface area contributed by atoms with Crippen LogP contribution in [0.4, 0.5) is 17.6 Å². The minimum absolute atomic E-state index is 0.00206. The van der Waals surface area contributed by atoms with Crippen LogP contribution in [-0.4, -0.2) is 46.6 Å². The summed E-state index contributed by atoms with van der Waals surface area (Å²) in [6.45, 7) is 3.54. The van der Waals surface area contributed by atoms with Crippen molar-refractivity contribution in [1.82, 2.24) is 9.97 Å². The van der Waals surface area contributed by atoms with Crippen LogP contribution in [0.1, 0.15) is 43.0 Å². The number of hydrogen-bond donors (Lipinski definition) is 1. The maximum absolute atomic E-state index is 15.0. The van der Waals surface area contributed by atoms with Crippen LogP contribution in [0.3, 0.4) is 0 Å². The van der Waals surface area contributed by atoms with E-state index in [2.05, 4.69) is 16.5 Å². The van der Waals surface area contributed by atoms with E-state index in [0.717, 1.165) is 16.4 Å². The number of halogens is 6. The molecule has 9 nitrogen and oxygen atoms in total. The molecule has 6 aromatic rings. The average molecular weight is 914 g/mol. The molecule has 0 saturated heterocycles. The van der Waals surface area contributed by atoms with Gasteiger partial charge in [0, 0.05) is 36.7 Å². The molecule has 0 aliphatic carbocycles. The molecular formula is C35H24F4I2N2O7. The van der Waals surface area contributed by atoms with E-state index in [0.29, 0.717) is 3.57 Å². The number of Topliss-reactive ketones (excluding diaryl/α,β-unsaturated/α-hetero) is 1. The zero-order chi connectivity index (χ0) is 35.9. The minimum Gasteiger partial charge on any atom is -0.499 e. The zero-order valence-corrected chi connectivity index (χ0v) is 30.0. The van der Waals surface area contributed by atoms with Crippen molar-refractivity contribution in [2.75, 3.05) is 19.8 Å². The lowest BCUT2D eigenvalue weighted by Crippen LogP contribution is -2.15. The largest absolute Gasteiger partial charge is 0.499 e. The second kappa shape index (κ2) is 16.6. The molecule has 2 heterocycles. The lowest BCUT2D eigenvalue weighted by atomic mass is 9.95. The van der Waals surface area contributed by atoms with Crippen LogP contribution in [0.2, 0.25) is 0 Å². The second-order valence-electron chi connectivity index (χ2n) is 10.5. The average Bonchev–Trinajstić information content (AvgIpc) is 3.76. The topological polar surface area (TPSA) is 125 Å². The van der Waals surface area contributed by atoms with Gasteiger partial charge in [-0.1, -0.05) is 18.7 Å².